The highest BCUT2D eigenvalue weighted by atomic mass is 35.5. The highest BCUT2D eigenvalue weighted by molar-refractivity contribution is 6.31. The number of halogens is 1. The molecule has 0 heterocycles. The quantitative estimate of drug-likeness (QED) is 0.803. The second-order valence-electron chi connectivity index (χ2n) is 4.37. The zero-order valence-electron chi connectivity index (χ0n) is 10.7. The maximum atomic E-state index is 6.12. The van der Waals surface area contributed by atoms with Crippen LogP contribution in [0.25, 0.3) is 0 Å². The molecule has 0 aliphatic rings. The van der Waals surface area contributed by atoms with Gasteiger partial charge >= 0.3 is 0 Å². The first-order chi connectivity index (χ1) is 7.60. The Balaban J connectivity index is 2.95. The molecule has 0 aliphatic heterocycles. The molecule has 0 bridgehead atoms. The van der Waals surface area contributed by atoms with E-state index in [1.54, 1.807) is 0 Å². The molecule has 2 heteroatoms. The van der Waals surface area contributed by atoms with Crippen molar-refractivity contribution in [2.75, 3.05) is 6.54 Å². The number of rotatable bonds is 5. The number of hydrogen-bond acceptors (Lipinski definition) is 1. The van der Waals surface area contributed by atoms with E-state index in [-0.39, 0.29) is 0 Å². The Morgan fingerprint density at radius 3 is 2.44 bits per heavy atom. The van der Waals surface area contributed by atoms with Crippen LogP contribution in [-0.2, 0) is 0 Å². The molecule has 16 heavy (non-hydrogen) atoms. The summed E-state index contributed by atoms with van der Waals surface area (Å²) < 4.78 is 0. The second-order valence-corrected chi connectivity index (χ2v) is 4.78. The van der Waals surface area contributed by atoms with Crippen LogP contribution < -0.4 is 5.32 Å². The highest BCUT2D eigenvalue weighted by Gasteiger charge is 2.12. The molecule has 0 saturated carbocycles. The van der Waals surface area contributed by atoms with Gasteiger partial charge < -0.3 is 5.32 Å². The first-order valence-electron chi connectivity index (χ1n) is 6.10. The zero-order chi connectivity index (χ0) is 12.1. The van der Waals surface area contributed by atoms with Crippen LogP contribution in [0.5, 0.6) is 0 Å². The van der Waals surface area contributed by atoms with Crippen LogP contribution in [0.3, 0.4) is 0 Å². The van der Waals surface area contributed by atoms with Gasteiger partial charge in [-0.3, -0.25) is 0 Å². The van der Waals surface area contributed by atoms with Crippen LogP contribution in [0.15, 0.2) is 12.1 Å². The molecule has 90 valence electrons. The topological polar surface area (TPSA) is 12.0 Å². The summed E-state index contributed by atoms with van der Waals surface area (Å²) in [6, 6.07) is 4.74. The largest absolute Gasteiger partial charge is 0.310 e. The number of hydrogen-bond donors (Lipinski definition) is 1. The van der Waals surface area contributed by atoms with Crippen molar-refractivity contribution in [1.29, 1.82) is 0 Å². The van der Waals surface area contributed by atoms with E-state index >= 15 is 0 Å². The van der Waals surface area contributed by atoms with Crippen molar-refractivity contribution in [1.82, 2.24) is 5.32 Å². The summed E-state index contributed by atoms with van der Waals surface area (Å²) >= 11 is 6.12. The Morgan fingerprint density at radius 1 is 1.19 bits per heavy atom. The lowest BCUT2D eigenvalue weighted by Crippen LogP contribution is -2.22. The smallest absolute Gasteiger partial charge is 0.0438 e. The first kappa shape index (κ1) is 13.5. The SMILES string of the molecule is CCCNC(CC)c1cc(C)c(Cl)cc1C. The maximum absolute atomic E-state index is 6.12. The molecular formula is C14H22ClN. The Hall–Kier alpha value is -0.530. The van der Waals surface area contributed by atoms with Crippen LogP contribution in [0, 0.1) is 13.8 Å². The van der Waals surface area contributed by atoms with E-state index in [2.05, 4.69) is 45.1 Å². The van der Waals surface area contributed by atoms with Crippen molar-refractivity contribution < 1.29 is 0 Å². The molecule has 0 aromatic heterocycles. The lowest BCUT2D eigenvalue weighted by molar-refractivity contribution is 0.516. The Labute approximate surface area is 104 Å². The van der Waals surface area contributed by atoms with Gasteiger partial charge in [0.25, 0.3) is 0 Å². The van der Waals surface area contributed by atoms with Gasteiger partial charge in [0.15, 0.2) is 0 Å². The van der Waals surface area contributed by atoms with Crippen LogP contribution in [0.2, 0.25) is 5.02 Å². The van der Waals surface area contributed by atoms with Crippen molar-refractivity contribution in [2.24, 2.45) is 0 Å². The van der Waals surface area contributed by atoms with Gasteiger partial charge in [-0.25, -0.2) is 0 Å². The van der Waals surface area contributed by atoms with Crippen molar-refractivity contribution >= 4 is 11.6 Å². The molecule has 1 N–H and O–H groups in total. The van der Waals surface area contributed by atoms with Crippen molar-refractivity contribution in [3.05, 3.63) is 33.8 Å². The molecule has 0 amide bonds. The fourth-order valence-corrected chi connectivity index (χ4v) is 2.19. The predicted molar refractivity (Wildman–Crippen MR) is 72.3 cm³/mol. The number of benzene rings is 1. The van der Waals surface area contributed by atoms with Crippen molar-refractivity contribution in [3.63, 3.8) is 0 Å². The van der Waals surface area contributed by atoms with Crippen molar-refractivity contribution in [2.45, 2.75) is 46.6 Å². The van der Waals surface area contributed by atoms with E-state index in [0.717, 1.165) is 18.0 Å². The molecule has 1 atom stereocenters. The van der Waals surface area contributed by atoms with E-state index < -0.39 is 0 Å². The lowest BCUT2D eigenvalue weighted by atomic mass is 9.97. The molecule has 0 saturated heterocycles. The third kappa shape index (κ3) is 3.23. The predicted octanol–water partition coefficient (Wildman–Crippen LogP) is 4.41. The third-order valence-electron chi connectivity index (χ3n) is 2.97. The van der Waals surface area contributed by atoms with Gasteiger partial charge in [-0.05, 0) is 56.0 Å². The van der Waals surface area contributed by atoms with E-state index in [1.807, 2.05) is 0 Å². The van der Waals surface area contributed by atoms with Gasteiger partial charge in [0, 0.05) is 11.1 Å². The second kappa shape index (κ2) is 6.27. The van der Waals surface area contributed by atoms with E-state index in [4.69, 9.17) is 11.6 Å². The van der Waals surface area contributed by atoms with E-state index in [0.29, 0.717) is 6.04 Å². The van der Waals surface area contributed by atoms with E-state index in [9.17, 15) is 0 Å². The minimum Gasteiger partial charge on any atom is -0.310 e. The maximum Gasteiger partial charge on any atom is 0.0438 e. The number of nitrogens with one attached hydrogen (secondary N) is 1. The van der Waals surface area contributed by atoms with Crippen molar-refractivity contribution in [3.8, 4) is 0 Å². The fraction of sp³-hybridized carbons (Fsp3) is 0.571. The molecule has 0 fully saturated rings. The Kier molecular flexibility index (Phi) is 5.30. The van der Waals surface area contributed by atoms with Gasteiger partial charge in [0.2, 0.25) is 0 Å². The average Bonchev–Trinajstić information content (AvgIpc) is 2.26. The van der Waals surface area contributed by atoms with Gasteiger partial charge in [0.1, 0.15) is 0 Å². The van der Waals surface area contributed by atoms with E-state index in [1.165, 1.54) is 23.1 Å². The molecule has 1 rings (SSSR count). The summed E-state index contributed by atoms with van der Waals surface area (Å²) in [5.74, 6) is 0. The monoisotopic (exact) mass is 239 g/mol. The molecule has 0 aliphatic carbocycles. The molecule has 1 aromatic rings. The minimum absolute atomic E-state index is 0.455. The van der Waals surface area contributed by atoms with Crippen LogP contribution in [-0.4, -0.2) is 6.54 Å². The summed E-state index contributed by atoms with van der Waals surface area (Å²) in [5, 5.41) is 4.45. The van der Waals surface area contributed by atoms with Crippen LogP contribution in [0.4, 0.5) is 0 Å². The number of aryl methyl sites for hydroxylation is 2. The van der Waals surface area contributed by atoms with Gasteiger partial charge in [-0.2, -0.15) is 0 Å². The van der Waals surface area contributed by atoms with Gasteiger partial charge in [-0.1, -0.05) is 31.5 Å². The summed E-state index contributed by atoms with van der Waals surface area (Å²) in [6.07, 6.45) is 2.28. The molecule has 1 unspecified atom stereocenters. The lowest BCUT2D eigenvalue weighted by Gasteiger charge is -2.20. The summed E-state index contributed by atoms with van der Waals surface area (Å²) in [5.41, 5.74) is 3.84. The summed E-state index contributed by atoms with van der Waals surface area (Å²) in [4.78, 5) is 0. The average molecular weight is 240 g/mol. The third-order valence-corrected chi connectivity index (χ3v) is 3.38. The first-order valence-corrected chi connectivity index (χ1v) is 6.48. The fourth-order valence-electron chi connectivity index (χ4n) is 1.97. The Bertz CT molecular complexity index is 347. The molecule has 0 radical (unpaired) electrons. The molecule has 0 spiro atoms. The molecule has 1 aromatic carbocycles. The van der Waals surface area contributed by atoms with Gasteiger partial charge in [0.05, 0.1) is 0 Å². The molecular weight excluding hydrogens is 218 g/mol. The standard InChI is InChI=1S/C14H22ClN/c1-5-7-16-14(6-2)12-8-11(4)13(15)9-10(12)3/h8-9,14,16H,5-7H2,1-4H3. The normalized spacial score (nSPS) is 12.8. The molecule has 1 nitrogen and oxygen atoms in total. The zero-order valence-corrected chi connectivity index (χ0v) is 11.5. The Morgan fingerprint density at radius 2 is 1.88 bits per heavy atom. The van der Waals surface area contributed by atoms with Gasteiger partial charge in [-0.15, -0.1) is 0 Å². The van der Waals surface area contributed by atoms with Crippen LogP contribution >= 0.6 is 11.6 Å². The highest BCUT2D eigenvalue weighted by Crippen LogP contribution is 2.26. The minimum atomic E-state index is 0.455. The van der Waals surface area contributed by atoms with Crippen LogP contribution in [0.1, 0.15) is 49.4 Å². The summed E-state index contributed by atoms with van der Waals surface area (Å²) in [6.45, 7) is 9.69. The summed E-state index contributed by atoms with van der Waals surface area (Å²) in [7, 11) is 0.